The van der Waals surface area contributed by atoms with Gasteiger partial charge in [0, 0.05) is 24.5 Å². The summed E-state index contributed by atoms with van der Waals surface area (Å²) in [6.45, 7) is 0.898. The number of nitrogen functional groups attached to an aromatic ring is 1. The average Bonchev–Trinajstić information content (AvgIpc) is 2.46. The Hall–Kier alpha value is -1.91. The van der Waals surface area contributed by atoms with Gasteiger partial charge in [0.1, 0.15) is 0 Å². The predicted molar refractivity (Wildman–Crippen MR) is 79.4 cm³/mol. The summed E-state index contributed by atoms with van der Waals surface area (Å²) in [6, 6.07) is 11.6. The van der Waals surface area contributed by atoms with Gasteiger partial charge in [-0.25, -0.2) is 0 Å². The molecule has 2 aromatic carbocycles. The molecule has 1 fully saturated rings. The van der Waals surface area contributed by atoms with Gasteiger partial charge in [0.25, 0.3) is 0 Å². The van der Waals surface area contributed by atoms with Gasteiger partial charge in [-0.15, -0.1) is 0 Å². The molecule has 5 heteroatoms. The van der Waals surface area contributed by atoms with Crippen molar-refractivity contribution in [1.29, 1.82) is 0 Å². The van der Waals surface area contributed by atoms with Crippen molar-refractivity contribution in [3.63, 3.8) is 0 Å². The van der Waals surface area contributed by atoms with E-state index in [0.717, 1.165) is 16.5 Å². The number of nitrogens with zero attached hydrogens (tertiary/aromatic N) is 1. The fourth-order valence-corrected chi connectivity index (χ4v) is 2.91. The highest BCUT2D eigenvalue weighted by molar-refractivity contribution is 5.88. The van der Waals surface area contributed by atoms with Gasteiger partial charge in [0.2, 0.25) is 0 Å². The van der Waals surface area contributed by atoms with Gasteiger partial charge in [-0.05, 0) is 47.9 Å². The van der Waals surface area contributed by atoms with E-state index in [0.29, 0.717) is 18.8 Å². The smallest absolute Gasteiger partial charge is 0.391 e. The monoisotopic (exact) mass is 294 g/mol. The molecule has 0 unspecified atom stereocenters. The fourth-order valence-electron chi connectivity index (χ4n) is 2.91. The van der Waals surface area contributed by atoms with Crippen LogP contribution in [0.5, 0.6) is 0 Å². The second kappa shape index (κ2) is 5.13. The first-order chi connectivity index (χ1) is 9.93. The van der Waals surface area contributed by atoms with E-state index in [9.17, 15) is 13.2 Å². The van der Waals surface area contributed by atoms with Crippen molar-refractivity contribution >= 4 is 22.1 Å². The highest BCUT2D eigenvalue weighted by atomic mass is 19.4. The summed E-state index contributed by atoms with van der Waals surface area (Å²) in [5.41, 5.74) is 7.43. The minimum atomic E-state index is -4.06. The Kier molecular flexibility index (Phi) is 3.43. The number of hydrogen-bond donors (Lipinski definition) is 1. The molecule has 1 aliphatic rings. The summed E-state index contributed by atoms with van der Waals surface area (Å²) >= 11 is 0. The van der Waals surface area contributed by atoms with Crippen molar-refractivity contribution in [1.82, 2.24) is 0 Å². The molecule has 0 atom stereocenters. The van der Waals surface area contributed by atoms with Crippen LogP contribution in [0.25, 0.3) is 10.8 Å². The van der Waals surface area contributed by atoms with Gasteiger partial charge in [0.05, 0.1) is 5.92 Å². The summed E-state index contributed by atoms with van der Waals surface area (Å²) in [5.74, 6) is -1.16. The zero-order valence-corrected chi connectivity index (χ0v) is 11.5. The lowest BCUT2D eigenvalue weighted by molar-refractivity contribution is -0.179. The summed E-state index contributed by atoms with van der Waals surface area (Å²) in [7, 11) is 0. The zero-order valence-electron chi connectivity index (χ0n) is 11.5. The molecule has 112 valence electrons. The first kappa shape index (κ1) is 14.0. The molecule has 2 nitrogen and oxygen atoms in total. The molecular weight excluding hydrogens is 277 g/mol. The van der Waals surface area contributed by atoms with Crippen LogP contribution >= 0.6 is 0 Å². The van der Waals surface area contributed by atoms with E-state index in [1.807, 2.05) is 41.3 Å². The number of nitrogens with two attached hydrogens (primary N) is 1. The Bertz CT molecular complexity index is 644. The highest BCUT2D eigenvalue weighted by Crippen LogP contribution is 2.35. The standard InChI is InChI=1S/C16H17F3N2/c17-16(18,19)13-5-7-21(8-6-13)15-4-2-11-9-14(20)3-1-12(11)10-15/h1-4,9-10,13H,5-8,20H2. The van der Waals surface area contributed by atoms with Crippen LogP contribution in [0, 0.1) is 5.92 Å². The summed E-state index contributed by atoms with van der Waals surface area (Å²) in [5, 5.41) is 2.10. The lowest BCUT2D eigenvalue weighted by Gasteiger charge is -2.34. The zero-order chi connectivity index (χ0) is 15.0. The molecule has 3 rings (SSSR count). The van der Waals surface area contributed by atoms with Crippen LogP contribution in [0.3, 0.4) is 0 Å². The van der Waals surface area contributed by atoms with E-state index in [2.05, 4.69) is 0 Å². The Labute approximate surface area is 121 Å². The second-order valence-electron chi connectivity index (χ2n) is 5.59. The van der Waals surface area contributed by atoms with Gasteiger partial charge in [-0.3, -0.25) is 0 Å². The maximum Gasteiger partial charge on any atom is 0.391 e. The third-order valence-electron chi connectivity index (χ3n) is 4.17. The molecule has 2 N–H and O–H groups in total. The van der Waals surface area contributed by atoms with E-state index in [4.69, 9.17) is 5.73 Å². The second-order valence-corrected chi connectivity index (χ2v) is 5.59. The van der Waals surface area contributed by atoms with Gasteiger partial charge < -0.3 is 10.6 Å². The predicted octanol–water partition coefficient (Wildman–Crippen LogP) is 4.20. The normalized spacial score (nSPS) is 17.4. The van der Waals surface area contributed by atoms with Crippen molar-refractivity contribution in [3.05, 3.63) is 36.4 Å². The average molecular weight is 294 g/mol. The van der Waals surface area contributed by atoms with Gasteiger partial charge in [-0.2, -0.15) is 13.2 Å². The third-order valence-corrected chi connectivity index (χ3v) is 4.17. The number of benzene rings is 2. The minimum absolute atomic E-state index is 0.170. The van der Waals surface area contributed by atoms with Crippen LogP contribution < -0.4 is 10.6 Å². The molecule has 21 heavy (non-hydrogen) atoms. The number of rotatable bonds is 1. The lowest BCUT2D eigenvalue weighted by Crippen LogP contribution is -2.38. The van der Waals surface area contributed by atoms with E-state index < -0.39 is 12.1 Å². The third kappa shape index (κ3) is 2.91. The first-order valence-corrected chi connectivity index (χ1v) is 7.04. The van der Waals surface area contributed by atoms with E-state index in [1.165, 1.54) is 0 Å². The SMILES string of the molecule is Nc1ccc2cc(N3CCC(C(F)(F)F)CC3)ccc2c1. The van der Waals surface area contributed by atoms with Crippen LogP contribution in [-0.2, 0) is 0 Å². The molecule has 0 spiro atoms. The van der Waals surface area contributed by atoms with E-state index >= 15 is 0 Å². The minimum Gasteiger partial charge on any atom is -0.399 e. The van der Waals surface area contributed by atoms with Crippen molar-refractivity contribution in [3.8, 4) is 0 Å². The largest absolute Gasteiger partial charge is 0.399 e. The van der Waals surface area contributed by atoms with Crippen LogP contribution in [0.4, 0.5) is 24.5 Å². The number of hydrogen-bond acceptors (Lipinski definition) is 2. The molecule has 0 saturated carbocycles. The maximum atomic E-state index is 12.7. The van der Waals surface area contributed by atoms with Gasteiger partial charge >= 0.3 is 6.18 Å². The highest BCUT2D eigenvalue weighted by Gasteiger charge is 2.41. The van der Waals surface area contributed by atoms with E-state index in [-0.39, 0.29) is 12.8 Å². The Morgan fingerprint density at radius 3 is 2.24 bits per heavy atom. The Morgan fingerprint density at radius 1 is 0.952 bits per heavy atom. The van der Waals surface area contributed by atoms with Crippen LogP contribution in [0.15, 0.2) is 36.4 Å². The van der Waals surface area contributed by atoms with Crippen molar-refractivity contribution < 1.29 is 13.2 Å². The molecule has 1 saturated heterocycles. The topological polar surface area (TPSA) is 29.3 Å². The van der Waals surface area contributed by atoms with Gasteiger partial charge in [0.15, 0.2) is 0 Å². The number of piperidine rings is 1. The molecular formula is C16H17F3N2. The fraction of sp³-hybridized carbons (Fsp3) is 0.375. The number of alkyl halides is 3. The molecule has 0 radical (unpaired) electrons. The maximum absolute atomic E-state index is 12.7. The number of halogens is 3. The lowest BCUT2D eigenvalue weighted by atomic mass is 9.95. The summed E-state index contributed by atoms with van der Waals surface area (Å²) in [6.07, 6.45) is -3.72. The molecule has 0 aromatic heterocycles. The van der Waals surface area contributed by atoms with E-state index in [1.54, 1.807) is 0 Å². The van der Waals surface area contributed by atoms with Crippen LogP contribution in [-0.4, -0.2) is 19.3 Å². The Balaban J connectivity index is 1.78. The number of fused-ring (bicyclic) bond motifs is 1. The quantitative estimate of drug-likeness (QED) is 0.799. The van der Waals surface area contributed by atoms with Crippen molar-refractivity contribution in [2.24, 2.45) is 5.92 Å². The molecule has 1 heterocycles. The van der Waals surface area contributed by atoms with Crippen molar-refractivity contribution in [2.75, 3.05) is 23.7 Å². The Morgan fingerprint density at radius 2 is 1.57 bits per heavy atom. The van der Waals surface area contributed by atoms with Crippen molar-refractivity contribution in [2.45, 2.75) is 19.0 Å². The summed E-state index contributed by atoms with van der Waals surface area (Å²) in [4.78, 5) is 2.03. The molecule has 2 aromatic rings. The molecule has 0 bridgehead atoms. The molecule has 0 amide bonds. The first-order valence-electron chi connectivity index (χ1n) is 7.04. The molecule has 0 aliphatic carbocycles. The number of anilines is 2. The summed E-state index contributed by atoms with van der Waals surface area (Å²) < 4.78 is 38.1. The van der Waals surface area contributed by atoms with Gasteiger partial charge in [-0.1, -0.05) is 12.1 Å². The molecule has 1 aliphatic heterocycles. The van der Waals surface area contributed by atoms with Crippen LogP contribution in [0.2, 0.25) is 0 Å². The van der Waals surface area contributed by atoms with Crippen LogP contribution in [0.1, 0.15) is 12.8 Å².